The Morgan fingerprint density at radius 3 is 2.67 bits per heavy atom. The lowest BCUT2D eigenvalue weighted by Gasteiger charge is -2.39. The van der Waals surface area contributed by atoms with Gasteiger partial charge in [0.05, 0.1) is 0 Å². The fraction of sp³-hybridized carbons (Fsp3) is 1.00. The van der Waals surface area contributed by atoms with E-state index in [1.165, 1.54) is 7.05 Å². The van der Waals surface area contributed by atoms with Gasteiger partial charge in [0.2, 0.25) is 0 Å². The average Bonchev–Trinajstić information content (AvgIpc) is 2.17. The van der Waals surface area contributed by atoms with Gasteiger partial charge in [-0.25, -0.2) is 4.72 Å². The Balaban J connectivity index is 2.76. The monoisotopic (exact) mass is 235 g/mol. The van der Waals surface area contributed by atoms with Gasteiger partial charge in [-0.2, -0.15) is 13.1 Å². The van der Waals surface area contributed by atoms with Crippen molar-refractivity contribution >= 4 is 10.2 Å². The minimum Gasteiger partial charge on any atom is -0.329 e. The van der Waals surface area contributed by atoms with E-state index in [0.717, 1.165) is 25.7 Å². The van der Waals surface area contributed by atoms with E-state index in [-0.39, 0.29) is 0 Å². The third-order valence-electron chi connectivity index (χ3n) is 3.10. The van der Waals surface area contributed by atoms with Crippen LogP contribution in [0.5, 0.6) is 0 Å². The first-order chi connectivity index (χ1) is 6.93. The van der Waals surface area contributed by atoms with E-state index >= 15 is 0 Å². The zero-order chi connectivity index (χ0) is 11.5. The van der Waals surface area contributed by atoms with Crippen LogP contribution in [-0.2, 0) is 10.2 Å². The minimum absolute atomic E-state index is 0.359. The molecule has 1 aliphatic rings. The fourth-order valence-corrected chi connectivity index (χ4v) is 3.26. The van der Waals surface area contributed by atoms with Crippen molar-refractivity contribution in [3.05, 3.63) is 0 Å². The summed E-state index contributed by atoms with van der Waals surface area (Å²) in [5.41, 5.74) is 5.26. The number of nitrogens with one attached hydrogen (secondary N) is 2. The van der Waals surface area contributed by atoms with Gasteiger partial charge in [0, 0.05) is 19.1 Å². The molecule has 0 aliphatic heterocycles. The highest BCUT2D eigenvalue weighted by atomic mass is 32.2. The van der Waals surface area contributed by atoms with Gasteiger partial charge in [0.15, 0.2) is 0 Å². The largest absolute Gasteiger partial charge is 0.329 e. The highest BCUT2D eigenvalue weighted by Crippen LogP contribution is 2.31. The first kappa shape index (κ1) is 12.9. The molecule has 6 heteroatoms. The molecule has 1 aliphatic carbocycles. The van der Waals surface area contributed by atoms with Crippen LogP contribution >= 0.6 is 0 Å². The van der Waals surface area contributed by atoms with E-state index in [4.69, 9.17) is 5.73 Å². The molecule has 1 fully saturated rings. The van der Waals surface area contributed by atoms with Crippen LogP contribution in [0.25, 0.3) is 0 Å². The molecule has 2 atom stereocenters. The van der Waals surface area contributed by atoms with Gasteiger partial charge < -0.3 is 5.73 Å². The van der Waals surface area contributed by atoms with Crippen molar-refractivity contribution in [3.63, 3.8) is 0 Å². The topological polar surface area (TPSA) is 84.2 Å². The summed E-state index contributed by atoms with van der Waals surface area (Å²) in [6.07, 6.45) is 3.84. The Bertz CT molecular complexity index is 304. The van der Waals surface area contributed by atoms with Gasteiger partial charge >= 0.3 is 0 Å². The minimum atomic E-state index is -3.39. The Kier molecular flexibility index (Phi) is 4.11. The molecule has 1 saturated carbocycles. The quantitative estimate of drug-likeness (QED) is 0.638. The molecule has 0 amide bonds. The van der Waals surface area contributed by atoms with Crippen molar-refractivity contribution in [3.8, 4) is 0 Å². The van der Waals surface area contributed by atoms with Crippen molar-refractivity contribution in [1.82, 2.24) is 9.44 Å². The van der Waals surface area contributed by atoms with Crippen LogP contribution in [0.2, 0.25) is 0 Å². The van der Waals surface area contributed by atoms with Gasteiger partial charge in [0.25, 0.3) is 10.2 Å². The number of nitrogens with two attached hydrogens (primary N) is 1. The van der Waals surface area contributed by atoms with E-state index in [9.17, 15) is 8.42 Å². The van der Waals surface area contributed by atoms with E-state index < -0.39 is 15.7 Å². The van der Waals surface area contributed by atoms with E-state index in [1.807, 2.05) is 0 Å². The molecule has 1 rings (SSSR count). The number of rotatable bonds is 4. The molecule has 0 aromatic heterocycles. The lowest BCUT2D eigenvalue weighted by Crippen LogP contribution is -2.57. The van der Waals surface area contributed by atoms with Crippen molar-refractivity contribution in [2.75, 3.05) is 13.6 Å². The molecule has 0 spiro atoms. The fourth-order valence-electron chi connectivity index (χ4n) is 2.32. The summed E-state index contributed by atoms with van der Waals surface area (Å²) >= 11 is 0. The Morgan fingerprint density at radius 2 is 2.20 bits per heavy atom. The molecular weight excluding hydrogens is 214 g/mol. The lowest BCUT2D eigenvalue weighted by atomic mass is 9.77. The summed E-state index contributed by atoms with van der Waals surface area (Å²) in [7, 11) is -1.99. The lowest BCUT2D eigenvalue weighted by molar-refractivity contribution is 0.222. The highest BCUT2D eigenvalue weighted by Gasteiger charge is 2.36. The second-order valence-electron chi connectivity index (χ2n) is 4.50. The first-order valence-electron chi connectivity index (χ1n) is 5.35. The van der Waals surface area contributed by atoms with Gasteiger partial charge in [-0.1, -0.05) is 19.8 Å². The summed E-state index contributed by atoms with van der Waals surface area (Å²) in [5.74, 6) is 0.529. The second-order valence-corrected chi connectivity index (χ2v) is 6.11. The maximum atomic E-state index is 11.5. The standard InChI is InChI=1S/C9H21N3O2S/c1-8-4-3-5-9(6-8,7-10)12-15(13,14)11-2/h8,11-12H,3-7,10H2,1-2H3. The Morgan fingerprint density at radius 1 is 1.53 bits per heavy atom. The molecule has 4 N–H and O–H groups in total. The van der Waals surface area contributed by atoms with E-state index in [0.29, 0.717) is 12.5 Å². The van der Waals surface area contributed by atoms with E-state index in [1.54, 1.807) is 0 Å². The molecule has 90 valence electrons. The molecule has 0 aromatic rings. The predicted molar refractivity (Wildman–Crippen MR) is 60.5 cm³/mol. The molecular formula is C9H21N3O2S. The van der Waals surface area contributed by atoms with Crippen LogP contribution in [0, 0.1) is 5.92 Å². The first-order valence-corrected chi connectivity index (χ1v) is 6.84. The van der Waals surface area contributed by atoms with Crippen LogP contribution in [-0.4, -0.2) is 27.5 Å². The van der Waals surface area contributed by atoms with Gasteiger partial charge in [-0.3, -0.25) is 0 Å². The number of hydrogen-bond donors (Lipinski definition) is 3. The summed E-state index contributed by atoms with van der Waals surface area (Å²) in [6, 6.07) is 0. The zero-order valence-electron chi connectivity index (χ0n) is 9.41. The summed E-state index contributed by atoms with van der Waals surface area (Å²) in [4.78, 5) is 0. The maximum Gasteiger partial charge on any atom is 0.277 e. The van der Waals surface area contributed by atoms with Crippen LogP contribution in [0.3, 0.4) is 0 Å². The number of hydrogen-bond acceptors (Lipinski definition) is 3. The smallest absolute Gasteiger partial charge is 0.277 e. The van der Waals surface area contributed by atoms with E-state index in [2.05, 4.69) is 16.4 Å². The van der Waals surface area contributed by atoms with Gasteiger partial charge in [0.1, 0.15) is 0 Å². The second kappa shape index (κ2) is 4.78. The summed E-state index contributed by atoms with van der Waals surface area (Å²) in [5, 5.41) is 0. The predicted octanol–water partition coefficient (Wildman–Crippen LogP) is -0.0522. The summed E-state index contributed by atoms with van der Waals surface area (Å²) in [6.45, 7) is 2.50. The normalized spacial score (nSPS) is 32.9. The molecule has 0 heterocycles. The maximum absolute atomic E-state index is 11.5. The van der Waals surface area contributed by atoms with Crippen molar-refractivity contribution in [2.45, 2.75) is 38.1 Å². The third-order valence-corrected chi connectivity index (χ3v) is 4.34. The van der Waals surface area contributed by atoms with Crippen LogP contribution in [0.15, 0.2) is 0 Å². The van der Waals surface area contributed by atoms with Crippen molar-refractivity contribution in [1.29, 1.82) is 0 Å². The van der Waals surface area contributed by atoms with Gasteiger partial charge in [-0.05, 0) is 18.8 Å². The molecule has 0 aromatic carbocycles. The molecule has 5 nitrogen and oxygen atoms in total. The third kappa shape index (κ3) is 3.41. The van der Waals surface area contributed by atoms with Crippen LogP contribution in [0.4, 0.5) is 0 Å². The van der Waals surface area contributed by atoms with Crippen molar-refractivity contribution < 1.29 is 8.42 Å². The molecule has 0 saturated heterocycles. The van der Waals surface area contributed by atoms with Crippen molar-refractivity contribution in [2.24, 2.45) is 11.7 Å². The molecule has 0 radical (unpaired) electrons. The highest BCUT2D eigenvalue weighted by molar-refractivity contribution is 7.87. The zero-order valence-corrected chi connectivity index (χ0v) is 10.2. The Hall–Kier alpha value is -0.170. The molecule has 15 heavy (non-hydrogen) atoms. The summed E-state index contributed by atoms with van der Waals surface area (Å²) < 4.78 is 27.9. The van der Waals surface area contributed by atoms with Gasteiger partial charge in [-0.15, -0.1) is 0 Å². The average molecular weight is 235 g/mol. The van der Waals surface area contributed by atoms with Crippen LogP contribution < -0.4 is 15.2 Å². The molecule has 0 bridgehead atoms. The Labute approximate surface area is 92.0 Å². The van der Waals surface area contributed by atoms with Crippen LogP contribution in [0.1, 0.15) is 32.6 Å². The molecule has 2 unspecified atom stereocenters. The SMILES string of the molecule is CNS(=O)(=O)NC1(CN)CCCC(C)C1.